The number of nitrogens with one attached hydrogen (secondary N) is 1. The van der Waals surface area contributed by atoms with Gasteiger partial charge in [-0.3, -0.25) is 14.6 Å². The maximum absolute atomic E-state index is 12.6. The summed E-state index contributed by atoms with van der Waals surface area (Å²) in [5.41, 5.74) is 3.51. The summed E-state index contributed by atoms with van der Waals surface area (Å²) in [6.07, 6.45) is 0.840. The first-order valence-corrected chi connectivity index (χ1v) is 10.2. The van der Waals surface area contributed by atoms with Crippen molar-refractivity contribution >= 4 is 46.0 Å². The number of thioether (sulfide) groups is 1. The molecule has 0 fully saturated rings. The van der Waals surface area contributed by atoms with Crippen molar-refractivity contribution in [1.82, 2.24) is 4.90 Å². The molecule has 2 amide bonds. The Kier molecular flexibility index (Phi) is 5.00. The average Bonchev–Trinajstić information content (AvgIpc) is 3.01. The van der Waals surface area contributed by atoms with E-state index in [1.807, 2.05) is 48.5 Å². The van der Waals surface area contributed by atoms with Crippen LogP contribution in [0.4, 0.5) is 11.4 Å². The number of hydrogen-bond acceptors (Lipinski definition) is 5. The zero-order valence-electron chi connectivity index (χ0n) is 15.7. The number of fused-ring (bicyclic) bond motifs is 3. The standard InChI is InChI=1S/C21H20N4O2S/c1-3-14-8-4-6-10-16(14)23-18(26)12-28-21-24-17-11-7-5-9-15(17)19-22-13(2)20(27)25(19)21/h4-11,13H,3,12H2,1-2H3,(H,23,26)/t13-/m1/s1. The third-order valence-electron chi connectivity index (χ3n) is 4.66. The maximum Gasteiger partial charge on any atom is 0.258 e. The lowest BCUT2D eigenvalue weighted by atomic mass is 10.1. The summed E-state index contributed by atoms with van der Waals surface area (Å²) in [6, 6.07) is 14.9. The van der Waals surface area contributed by atoms with Crippen molar-refractivity contribution < 1.29 is 9.59 Å². The molecule has 1 atom stereocenters. The molecule has 142 valence electrons. The zero-order valence-corrected chi connectivity index (χ0v) is 16.5. The number of amides is 2. The molecule has 0 unspecified atom stereocenters. The Balaban J connectivity index is 1.53. The minimum absolute atomic E-state index is 0.118. The fraction of sp³-hybridized carbons (Fsp3) is 0.238. The second kappa shape index (κ2) is 7.59. The van der Waals surface area contributed by atoms with E-state index in [9.17, 15) is 9.59 Å². The van der Waals surface area contributed by atoms with Gasteiger partial charge in [-0.05, 0) is 37.1 Å². The molecule has 6 nitrogen and oxygen atoms in total. The second-order valence-corrected chi connectivity index (χ2v) is 7.50. The summed E-state index contributed by atoms with van der Waals surface area (Å²) in [5.74, 6) is 0.519. The number of hydrogen-bond donors (Lipinski definition) is 1. The average molecular weight is 392 g/mol. The summed E-state index contributed by atoms with van der Waals surface area (Å²) < 4.78 is 0. The van der Waals surface area contributed by atoms with E-state index < -0.39 is 6.04 Å². The van der Waals surface area contributed by atoms with Crippen molar-refractivity contribution in [3.8, 4) is 0 Å². The third-order valence-corrected chi connectivity index (χ3v) is 5.60. The minimum atomic E-state index is -0.447. The topological polar surface area (TPSA) is 74.1 Å². The molecule has 1 N–H and O–H groups in total. The monoisotopic (exact) mass is 392 g/mol. The number of para-hydroxylation sites is 2. The van der Waals surface area contributed by atoms with Gasteiger partial charge in [-0.2, -0.15) is 0 Å². The molecule has 0 bridgehead atoms. The van der Waals surface area contributed by atoms with Gasteiger partial charge in [-0.25, -0.2) is 9.89 Å². The third kappa shape index (κ3) is 3.33. The number of benzene rings is 2. The Labute approximate surface area is 167 Å². The van der Waals surface area contributed by atoms with Gasteiger partial charge >= 0.3 is 0 Å². The summed E-state index contributed by atoms with van der Waals surface area (Å²) in [4.78, 5) is 35.7. The number of aryl methyl sites for hydroxylation is 1. The Morgan fingerprint density at radius 3 is 2.75 bits per heavy atom. The molecule has 2 aliphatic rings. The fourth-order valence-corrected chi connectivity index (χ4v) is 4.04. The Morgan fingerprint density at radius 2 is 1.93 bits per heavy atom. The van der Waals surface area contributed by atoms with Gasteiger partial charge in [-0.1, -0.05) is 49.0 Å². The molecule has 28 heavy (non-hydrogen) atoms. The smallest absolute Gasteiger partial charge is 0.258 e. The first-order chi connectivity index (χ1) is 13.6. The molecule has 2 aliphatic heterocycles. The van der Waals surface area contributed by atoms with Gasteiger partial charge in [0.05, 0.1) is 11.4 Å². The highest BCUT2D eigenvalue weighted by Crippen LogP contribution is 2.33. The van der Waals surface area contributed by atoms with Crippen LogP contribution in [0.5, 0.6) is 0 Å². The molecular formula is C21H20N4O2S. The van der Waals surface area contributed by atoms with Crippen LogP contribution in [0.15, 0.2) is 58.5 Å². The van der Waals surface area contributed by atoms with Crippen LogP contribution in [0.25, 0.3) is 0 Å². The first-order valence-electron chi connectivity index (χ1n) is 9.19. The summed E-state index contributed by atoms with van der Waals surface area (Å²) >= 11 is 1.25. The Hall–Kier alpha value is -2.93. The number of nitrogens with zero attached hydrogens (tertiary/aromatic N) is 3. The van der Waals surface area contributed by atoms with E-state index in [2.05, 4.69) is 22.2 Å². The highest BCUT2D eigenvalue weighted by atomic mass is 32.2. The minimum Gasteiger partial charge on any atom is -0.325 e. The largest absolute Gasteiger partial charge is 0.325 e. The van der Waals surface area contributed by atoms with Gasteiger partial charge in [0.15, 0.2) is 5.17 Å². The number of anilines is 1. The van der Waals surface area contributed by atoms with Crippen molar-refractivity contribution in [3.63, 3.8) is 0 Å². The normalized spacial score (nSPS) is 17.6. The lowest BCUT2D eigenvalue weighted by molar-refractivity contribution is -0.124. The van der Waals surface area contributed by atoms with Crippen LogP contribution in [-0.4, -0.2) is 39.5 Å². The number of amidine groups is 2. The van der Waals surface area contributed by atoms with Gasteiger partial charge in [0.25, 0.3) is 5.91 Å². The lowest BCUT2D eigenvalue weighted by Crippen LogP contribution is -2.41. The molecule has 0 saturated heterocycles. The van der Waals surface area contributed by atoms with Crippen molar-refractivity contribution in [3.05, 3.63) is 59.7 Å². The van der Waals surface area contributed by atoms with Crippen LogP contribution in [0, 0.1) is 0 Å². The predicted molar refractivity (Wildman–Crippen MR) is 113 cm³/mol. The van der Waals surface area contributed by atoms with E-state index in [0.29, 0.717) is 11.0 Å². The fourth-order valence-electron chi connectivity index (χ4n) is 3.24. The predicted octanol–water partition coefficient (Wildman–Crippen LogP) is 3.60. The molecule has 0 saturated carbocycles. The maximum atomic E-state index is 12.6. The second-order valence-electron chi connectivity index (χ2n) is 6.56. The van der Waals surface area contributed by atoms with Crippen molar-refractivity contribution in [2.75, 3.05) is 11.1 Å². The summed E-state index contributed by atoms with van der Waals surface area (Å²) in [7, 11) is 0. The number of rotatable bonds is 4. The number of carbonyl (C=O) groups is 2. The van der Waals surface area contributed by atoms with Crippen molar-refractivity contribution in [1.29, 1.82) is 0 Å². The van der Waals surface area contributed by atoms with Gasteiger partial charge in [-0.15, -0.1) is 0 Å². The molecule has 2 heterocycles. The van der Waals surface area contributed by atoms with E-state index in [1.165, 1.54) is 16.7 Å². The molecular weight excluding hydrogens is 372 g/mol. The van der Waals surface area contributed by atoms with Crippen LogP contribution in [0.1, 0.15) is 25.0 Å². The lowest BCUT2D eigenvalue weighted by Gasteiger charge is -2.25. The number of carbonyl (C=O) groups excluding carboxylic acids is 2. The summed E-state index contributed by atoms with van der Waals surface area (Å²) in [6.45, 7) is 3.82. The molecule has 0 radical (unpaired) electrons. The molecule has 7 heteroatoms. The van der Waals surface area contributed by atoms with E-state index in [1.54, 1.807) is 6.92 Å². The van der Waals surface area contributed by atoms with E-state index >= 15 is 0 Å². The highest BCUT2D eigenvalue weighted by Gasteiger charge is 2.39. The van der Waals surface area contributed by atoms with E-state index in [4.69, 9.17) is 0 Å². The van der Waals surface area contributed by atoms with Crippen LogP contribution in [-0.2, 0) is 16.0 Å². The van der Waals surface area contributed by atoms with Gasteiger partial charge < -0.3 is 5.32 Å². The van der Waals surface area contributed by atoms with E-state index in [-0.39, 0.29) is 17.6 Å². The zero-order chi connectivity index (χ0) is 19.7. The number of aliphatic imine (C=N–C) groups is 2. The van der Waals surface area contributed by atoms with Crippen LogP contribution in [0.2, 0.25) is 0 Å². The molecule has 0 aliphatic carbocycles. The van der Waals surface area contributed by atoms with Crippen molar-refractivity contribution in [2.24, 2.45) is 9.98 Å². The van der Waals surface area contributed by atoms with Crippen LogP contribution in [0.3, 0.4) is 0 Å². The van der Waals surface area contributed by atoms with Gasteiger partial charge in [0.1, 0.15) is 11.9 Å². The van der Waals surface area contributed by atoms with Crippen molar-refractivity contribution in [2.45, 2.75) is 26.3 Å². The quantitative estimate of drug-likeness (QED) is 0.864. The first kappa shape index (κ1) is 18.4. The summed E-state index contributed by atoms with van der Waals surface area (Å²) in [5, 5.41) is 3.44. The van der Waals surface area contributed by atoms with Crippen LogP contribution < -0.4 is 5.32 Å². The molecule has 2 aromatic carbocycles. The molecule has 0 spiro atoms. The highest BCUT2D eigenvalue weighted by molar-refractivity contribution is 8.14. The van der Waals surface area contributed by atoms with Crippen LogP contribution >= 0.6 is 11.8 Å². The molecule has 2 aromatic rings. The van der Waals surface area contributed by atoms with Gasteiger partial charge in [0, 0.05) is 11.3 Å². The Bertz CT molecular complexity index is 1010. The molecule has 4 rings (SSSR count). The van der Waals surface area contributed by atoms with E-state index in [0.717, 1.165) is 28.9 Å². The SMILES string of the molecule is CCc1ccccc1NC(=O)CSC1=Nc2ccccc2C2=N[C@H](C)C(=O)N12. The molecule has 0 aromatic heterocycles. The Morgan fingerprint density at radius 1 is 1.18 bits per heavy atom. The van der Waals surface area contributed by atoms with Gasteiger partial charge in [0.2, 0.25) is 5.91 Å².